The largest absolute Gasteiger partial charge is 0.381 e. The Balaban J connectivity index is 1.79. The molecule has 3 rings (SSSR count). The fraction of sp³-hybridized carbons (Fsp3) is 0.412. The quantitative estimate of drug-likeness (QED) is 0.866. The van der Waals surface area contributed by atoms with E-state index in [0.29, 0.717) is 5.88 Å². The van der Waals surface area contributed by atoms with E-state index >= 15 is 0 Å². The summed E-state index contributed by atoms with van der Waals surface area (Å²) >= 11 is 6.20. The van der Waals surface area contributed by atoms with Crippen LogP contribution in [0.3, 0.4) is 0 Å². The summed E-state index contributed by atoms with van der Waals surface area (Å²) in [4.78, 5) is 0. The van der Waals surface area contributed by atoms with Crippen LogP contribution in [0.5, 0.6) is 0 Å². The van der Waals surface area contributed by atoms with Crippen LogP contribution in [0.2, 0.25) is 0 Å². The van der Waals surface area contributed by atoms with Crippen LogP contribution in [0, 0.1) is 0 Å². The number of nitrogens with one attached hydrogen (secondary N) is 1. The highest BCUT2D eigenvalue weighted by atomic mass is 35.5. The van der Waals surface area contributed by atoms with Crippen molar-refractivity contribution < 1.29 is 4.74 Å². The molecule has 2 nitrogen and oxygen atoms in total. The Kier molecular flexibility index (Phi) is 4.25. The molecule has 106 valence electrons. The predicted octanol–water partition coefficient (Wildman–Crippen LogP) is 3.72. The highest BCUT2D eigenvalue weighted by Gasteiger charge is 2.31. The van der Waals surface area contributed by atoms with Crippen molar-refractivity contribution in [3.8, 4) is 0 Å². The summed E-state index contributed by atoms with van der Waals surface area (Å²) in [5.41, 5.74) is 1.36. The molecule has 1 heterocycles. The Morgan fingerprint density at radius 3 is 2.60 bits per heavy atom. The first-order valence-corrected chi connectivity index (χ1v) is 7.72. The smallest absolute Gasteiger partial charge is 0.0484 e. The topological polar surface area (TPSA) is 21.3 Å². The van der Waals surface area contributed by atoms with Crippen LogP contribution in [0.25, 0.3) is 10.8 Å². The lowest BCUT2D eigenvalue weighted by Gasteiger charge is -2.36. The Hall–Kier alpha value is -1.09. The van der Waals surface area contributed by atoms with Gasteiger partial charge in [-0.2, -0.15) is 0 Å². The van der Waals surface area contributed by atoms with Crippen LogP contribution >= 0.6 is 11.6 Å². The molecule has 0 radical (unpaired) electrons. The SMILES string of the molecule is ClCC1(NCc2cccc3ccccc23)CCOCC1. The second kappa shape index (κ2) is 6.13. The fourth-order valence-corrected chi connectivity index (χ4v) is 3.21. The zero-order chi connectivity index (χ0) is 13.8. The maximum atomic E-state index is 6.20. The van der Waals surface area contributed by atoms with E-state index in [4.69, 9.17) is 16.3 Å². The van der Waals surface area contributed by atoms with Crippen molar-refractivity contribution in [1.29, 1.82) is 0 Å². The molecule has 1 fully saturated rings. The molecule has 20 heavy (non-hydrogen) atoms. The molecule has 0 spiro atoms. The van der Waals surface area contributed by atoms with Crippen LogP contribution in [0.15, 0.2) is 42.5 Å². The molecule has 1 aliphatic rings. The zero-order valence-corrected chi connectivity index (χ0v) is 12.3. The van der Waals surface area contributed by atoms with Gasteiger partial charge in [-0.1, -0.05) is 42.5 Å². The van der Waals surface area contributed by atoms with E-state index in [1.165, 1.54) is 16.3 Å². The molecule has 1 saturated heterocycles. The molecular weight excluding hydrogens is 270 g/mol. The molecule has 0 bridgehead atoms. The van der Waals surface area contributed by atoms with Gasteiger partial charge >= 0.3 is 0 Å². The third-order valence-corrected chi connectivity index (χ3v) is 4.75. The van der Waals surface area contributed by atoms with Gasteiger partial charge in [0.05, 0.1) is 0 Å². The molecular formula is C17H20ClNO. The average Bonchev–Trinajstić information content (AvgIpc) is 2.54. The number of ether oxygens (including phenoxy) is 1. The standard InChI is InChI=1S/C17H20ClNO/c18-13-17(8-10-20-11-9-17)19-12-15-6-3-5-14-4-1-2-7-16(14)15/h1-7,19H,8-13H2. The second-order valence-corrected chi connectivity index (χ2v) is 5.79. The van der Waals surface area contributed by atoms with E-state index in [1.54, 1.807) is 0 Å². The summed E-state index contributed by atoms with van der Waals surface area (Å²) in [6.45, 7) is 2.46. The first-order chi connectivity index (χ1) is 9.83. The van der Waals surface area contributed by atoms with Crippen LogP contribution in [-0.4, -0.2) is 24.6 Å². The molecule has 0 aromatic heterocycles. The van der Waals surface area contributed by atoms with Crippen molar-refractivity contribution in [2.45, 2.75) is 24.9 Å². The highest BCUT2D eigenvalue weighted by Crippen LogP contribution is 2.24. The third kappa shape index (κ3) is 2.83. The minimum atomic E-state index is 0.0246. The lowest BCUT2D eigenvalue weighted by molar-refractivity contribution is 0.0459. The lowest BCUT2D eigenvalue weighted by Crippen LogP contribution is -2.50. The van der Waals surface area contributed by atoms with Gasteiger partial charge in [0.2, 0.25) is 0 Å². The molecule has 0 unspecified atom stereocenters. The van der Waals surface area contributed by atoms with E-state index in [1.807, 2.05) is 0 Å². The highest BCUT2D eigenvalue weighted by molar-refractivity contribution is 6.18. The molecule has 2 aromatic carbocycles. The number of halogens is 1. The fourth-order valence-electron chi connectivity index (χ4n) is 2.85. The summed E-state index contributed by atoms with van der Waals surface area (Å²) in [6.07, 6.45) is 1.97. The zero-order valence-electron chi connectivity index (χ0n) is 11.6. The van der Waals surface area contributed by atoms with Crippen molar-refractivity contribution in [3.05, 3.63) is 48.0 Å². The maximum Gasteiger partial charge on any atom is 0.0484 e. The lowest BCUT2D eigenvalue weighted by atomic mass is 9.91. The molecule has 1 N–H and O–H groups in total. The van der Waals surface area contributed by atoms with Crippen molar-refractivity contribution in [2.24, 2.45) is 0 Å². The molecule has 2 aromatic rings. The van der Waals surface area contributed by atoms with Gasteiger partial charge in [-0.25, -0.2) is 0 Å². The number of alkyl halides is 1. The Bertz CT molecular complexity index is 573. The third-order valence-electron chi connectivity index (χ3n) is 4.24. The van der Waals surface area contributed by atoms with Gasteiger partial charge in [0.15, 0.2) is 0 Å². The van der Waals surface area contributed by atoms with Crippen molar-refractivity contribution in [1.82, 2.24) is 5.32 Å². The molecule has 3 heteroatoms. The molecule has 0 saturated carbocycles. The minimum absolute atomic E-state index is 0.0246. The molecule has 0 amide bonds. The summed E-state index contributed by atoms with van der Waals surface area (Å²) in [7, 11) is 0. The van der Waals surface area contributed by atoms with Gasteiger partial charge < -0.3 is 10.1 Å². The van der Waals surface area contributed by atoms with Crippen LogP contribution in [0.4, 0.5) is 0 Å². The number of rotatable bonds is 4. The van der Waals surface area contributed by atoms with Crippen molar-refractivity contribution >= 4 is 22.4 Å². The summed E-state index contributed by atoms with van der Waals surface area (Å²) in [5, 5.41) is 6.29. The van der Waals surface area contributed by atoms with E-state index < -0.39 is 0 Å². The second-order valence-electron chi connectivity index (χ2n) is 5.52. The van der Waals surface area contributed by atoms with Crippen LogP contribution < -0.4 is 5.32 Å². The Morgan fingerprint density at radius 2 is 1.80 bits per heavy atom. The average molecular weight is 290 g/mol. The van der Waals surface area contributed by atoms with Gasteiger partial charge in [0, 0.05) is 31.2 Å². The van der Waals surface area contributed by atoms with E-state index in [2.05, 4.69) is 47.8 Å². The maximum absolute atomic E-state index is 6.20. The molecule has 0 atom stereocenters. The van der Waals surface area contributed by atoms with E-state index in [0.717, 1.165) is 32.6 Å². The monoisotopic (exact) mass is 289 g/mol. The van der Waals surface area contributed by atoms with E-state index in [9.17, 15) is 0 Å². The number of fused-ring (bicyclic) bond motifs is 1. The first-order valence-electron chi connectivity index (χ1n) is 7.18. The van der Waals surface area contributed by atoms with Crippen LogP contribution in [-0.2, 0) is 11.3 Å². The van der Waals surface area contributed by atoms with Gasteiger partial charge in [-0.05, 0) is 29.2 Å². The first kappa shape index (κ1) is 13.9. The predicted molar refractivity (Wildman–Crippen MR) is 84.3 cm³/mol. The molecule has 1 aliphatic heterocycles. The van der Waals surface area contributed by atoms with Crippen molar-refractivity contribution in [3.63, 3.8) is 0 Å². The summed E-state index contributed by atoms with van der Waals surface area (Å²) < 4.78 is 5.45. The number of benzene rings is 2. The van der Waals surface area contributed by atoms with Gasteiger partial charge in [-0.15, -0.1) is 11.6 Å². The number of hydrogen-bond acceptors (Lipinski definition) is 2. The molecule has 0 aliphatic carbocycles. The Labute approximate surface area is 125 Å². The Morgan fingerprint density at radius 1 is 1.05 bits per heavy atom. The summed E-state index contributed by atoms with van der Waals surface area (Å²) in [5.74, 6) is 0.640. The van der Waals surface area contributed by atoms with Crippen molar-refractivity contribution in [2.75, 3.05) is 19.1 Å². The van der Waals surface area contributed by atoms with Gasteiger partial charge in [0.1, 0.15) is 0 Å². The van der Waals surface area contributed by atoms with Gasteiger partial charge in [0.25, 0.3) is 0 Å². The summed E-state index contributed by atoms with van der Waals surface area (Å²) in [6, 6.07) is 15.0. The minimum Gasteiger partial charge on any atom is -0.381 e. The van der Waals surface area contributed by atoms with Gasteiger partial charge in [-0.3, -0.25) is 0 Å². The van der Waals surface area contributed by atoms with E-state index in [-0.39, 0.29) is 5.54 Å². The normalized spacial score (nSPS) is 18.2. The van der Waals surface area contributed by atoms with Crippen LogP contribution in [0.1, 0.15) is 18.4 Å². The number of hydrogen-bond donors (Lipinski definition) is 1.